The highest BCUT2D eigenvalue weighted by atomic mass is 35.5. The van der Waals surface area contributed by atoms with E-state index in [0.717, 1.165) is 5.56 Å². The lowest BCUT2D eigenvalue weighted by Gasteiger charge is -2.25. The summed E-state index contributed by atoms with van der Waals surface area (Å²) < 4.78 is 18.8. The summed E-state index contributed by atoms with van der Waals surface area (Å²) in [5.74, 6) is 0.547. The number of aromatic nitrogens is 1. The number of methoxy groups -OCH3 is 1. The highest BCUT2D eigenvalue weighted by Crippen LogP contribution is 2.32. The highest BCUT2D eigenvalue weighted by molar-refractivity contribution is 7.07. The van der Waals surface area contributed by atoms with Crippen LogP contribution < -0.4 is 24.4 Å². The van der Waals surface area contributed by atoms with Gasteiger partial charge in [0.1, 0.15) is 18.1 Å². The molecule has 0 saturated heterocycles. The van der Waals surface area contributed by atoms with E-state index in [9.17, 15) is 19.7 Å². The minimum absolute atomic E-state index is 0.0138. The van der Waals surface area contributed by atoms with Gasteiger partial charge in [-0.15, -0.1) is 0 Å². The van der Waals surface area contributed by atoms with Crippen LogP contribution in [0.4, 0.5) is 5.69 Å². The maximum Gasteiger partial charge on any atom is 0.338 e. The van der Waals surface area contributed by atoms with E-state index in [1.54, 1.807) is 76.4 Å². The van der Waals surface area contributed by atoms with Crippen molar-refractivity contribution in [1.29, 1.82) is 0 Å². The van der Waals surface area contributed by atoms with Gasteiger partial charge in [-0.1, -0.05) is 35.1 Å². The molecule has 1 atom stereocenters. The monoisotopic (exact) mass is 633 g/mol. The molecular weight excluding hydrogens is 606 g/mol. The fourth-order valence-electron chi connectivity index (χ4n) is 4.74. The number of rotatable bonds is 9. The average Bonchev–Trinajstić information content (AvgIpc) is 3.29. The summed E-state index contributed by atoms with van der Waals surface area (Å²) in [6.07, 6.45) is 1.31. The third kappa shape index (κ3) is 6.43. The molecular formula is C32H28ClN3O7S. The number of nitrogens with zero attached hydrogens (tertiary/aromatic N) is 3. The number of carbonyl (C=O) groups excluding carboxylic acids is 1. The van der Waals surface area contributed by atoms with Crippen molar-refractivity contribution in [3.05, 3.63) is 130 Å². The molecule has 0 aliphatic carbocycles. The molecule has 0 spiro atoms. The minimum Gasteiger partial charge on any atom is -0.497 e. The van der Waals surface area contributed by atoms with Crippen LogP contribution in [0, 0.1) is 10.1 Å². The van der Waals surface area contributed by atoms with E-state index < -0.39 is 16.9 Å². The molecule has 1 aliphatic heterocycles. The number of thiazole rings is 1. The molecule has 10 nitrogen and oxygen atoms in total. The number of allylic oxidation sites excluding steroid dienone is 1. The molecule has 226 valence electrons. The summed E-state index contributed by atoms with van der Waals surface area (Å²) in [4.78, 5) is 42.9. The van der Waals surface area contributed by atoms with Gasteiger partial charge in [-0.25, -0.2) is 9.79 Å². The van der Waals surface area contributed by atoms with Crippen LogP contribution in [0.1, 0.15) is 43.5 Å². The Morgan fingerprint density at radius 1 is 1.14 bits per heavy atom. The van der Waals surface area contributed by atoms with E-state index in [2.05, 4.69) is 4.99 Å². The van der Waals surface area contributed by atoms with Crippen molar-refractivity contribution in [2.24, 2.45) is 4.99 Å². The summed E-state index contributed by atoms with van der Waals surface area (Å²) in [5, 5.41) is 11.4. The van der Waals surface area contributed by atoms with Crippen molar-refractivity contribution < 1.29 is 23.9 Å². The molecule has 5 rings (SSSR count). The number of fused-ring (bicyclic) bond motifs is 1. The number of carbonyl (C=O) groups is 1. The lowest BCUT2D eigenvalue weighted by atomic mass is 9.96. The van der Waals surface area contributed by atoms with Gasteiger partial charge in [0.05, 0.1) is 40.0 Å². The maximum atomic E-state index is 14.0. The van der Waals surface area contributed by atoms with Gasteiger partial charge in [0.2, 0.25) is 0 Å². The normalized spacial score (nSPS) is 14.7. The van der Waals surface area contributed by atoms with Crippen LogP contribution in [-0.2, 0) is 16.1 Å². The average molecular weight is 634 g/mol. The first-order chi connectivity index (χ1) is 21.0. The minimum atomic E-state index is -0.775. The summed E-state index contributed by atoms with van der Waals surface area (Å²) in [7, 11) is 1.56. The number of nitro groups is 1. The number of ether oxygens (including phenoxy) is 3. The smallest absolute Gasteiger partial charge is 0.338 e. The number of hydrogen-bond acceptors (Lipinski definition) is 9. The molecule has 0 radical (unpaired) electrons. The van der Waals surface area contributed by atoms with Crippen LogP contribution in [-0.4, -0.2) is 28.7 Å². The fourth-order valence-corrected chi connectivity index (χ4v) is 5.96. The third-order valence-electron chi connectivity index (χ3n) is 6.82. The molecule has 44 heavy (non-hydrogen) atoms. The van der Waals surface area contributed by atoms with Crippen molar-refractivity contribution in [1.82, 2.24) is 4.57 Å². The molecule has 0 saturated carbocycles. The molecule has 2 heterocycles. The van der Waals surface area contributed by atoms with Crippen molar-refractivity contribution >= 4 is 40.7 Å². The Morgan fingerprint density at radius 3 is 2.48 bits per heavy atom. The molecule has 0 amide bonds. The number of halogens is 1. The summed E-state index contributed by atoms with van der Waals surface area (Å²) in [5.41, 5.74) is 2.35. The number of esters is 1. The van der Waals surface area contributed by atoms with Crippen molar-refractivity contribution in [3.8, 4) is 11.5 Å². The van der Waals surface area contributed by atoms with E-state index in [1.165, 1.54) is 28.0 Å². The Bertz CT molecular complexity index is 1950. The zero-order valence-electron chi connectivity index (χ0n) is 24.3. The third-order valence-corrected chi connectivity index (χ3v) is 8.03. The second-order valence-electron chi connectivity index (χ2n) is 10.2. The van der Waals surface area contributed by atoms with Gasteiger partial charge < -0.3 is 14.2 Å². The van der Waals surface area contributed by atoms with Gasteiger partial charge in [0.15, 0.2) is 4.80 Å². The number of hydrogen-bond donors (Lipinski definition) is 0. The van der Waals surface area contributed by atoms with E-state index in [1.807, 2.05) is 12.1 Å². The Morgan fingerprint density at radius 2 is 1.84 bits per heavy atom. The van der Waals surface area contributed by atoms with Crippen LogP contribution in [0.25, 0.3) is 6.08 Å². The van der Waals surface area contributed by atoms with E-state index >= 15 is 0 Å². The molecule has 12 heteroatoms. The maximum absolute atomic E-state index is 14.0. The van der Waals surface area contributed by atoms with Crippen LogP contribution >= 0.6 is 22.9 Å². The first-order valence-corrected chi connectivity index (χ1v) is 14.8. The first kappa shape index (κ1) is 30.7. The highest BCUT2D eigenvalue weighted by Gasteiger charge is 2.33. The second kappa shape index (κ2) is 12.9. The van der Waals surface area contributed by atoms with Gasteiger partial charge in [0, 0.05) is 22.7 Å². The summed E-state index contributed by atoms with van der Waals surface area (Å²) in [6.45, 7) is 5.39. The molecule has 0 N–H and O–H groups in total. The first-order valence-electron chi connectivity index (χ1n) is 13.6. The molecule has 4 aromatic rings. The topological polar surface area (TPSA) is 122 Å². The quantitative estimate of drug-likeness (QED) is 0.139. The SMILES string of the molecule is COc1ccc(C2C(C(=O)OC(C)C)=C(C)N=c3s/c(=C\c4cc(Cl)ccc4OCc4ccc([N+](=O)[O-])cc4)c(=O)n32)cc1. The van der Waals surface area contributed by atoms with Crippen LogP contribution in [0.15, 0.2) is 87.8 Å². The van der Waals surface area contributed by atoms with Crippen molar-refractivity contribution in [2.75, 3.05) is 7.11 Å². The van der Waals surface area contributed by atoms with E-state index in [4.69, 9.17) is 25.8 Å². The molecule has 0 fully saturated rings. The van der Waals surface area contributed by atoms with Crippen molar-refractivity contribution in [3.63, 3.8) is 0 Å². The predicted octanol–water partition coefficient (Wildman–Crippen LogP) is 5.34. The lowest BCUT2D eigenvalue weighted by Crippen LogP contribution is -2.40. The van der Waals surface area contributed by atoms with Gasteiger partial charge in [0.25, 0.3) is 11.2 Å². The molecule has 1 aromatic heterocycles. The Labute approximate surface area is 261 Å². The van der Waals surface area contributed by atoms with E-state index in [-0.39, 0.29) is 29.5 Å². The second-order valence-corrected chi connectivity index (χ2v) is 11.6. The number of benzene rings is 3. The zero-order chi connectivity index (χ0) is 31.5. The fraction of sp³-hybridized carbons (Fsp3) is 0.219. The predicted molar refractivity (Wildman–Crippen MR) is 167 cm³/mol. The molecule has 1 aliphatic rings. The molecule has 1 unspecified atom stereocenters. The van der Waals surface area contributed by atoms with Crippen LogP contribution in [0.3, 0.4) is 0 Å². The zero-order valence-corrected chi connectivity index (χ0v) is 25.8. The van der Waals surface area contributed by atoms with Gasteiger partial charge >= 0.3 is 5.97 Å². The molecule has 3 aromatic carbocycles. The Hall–Kier alpha value is -4.74. The van der Waals surface area contributed by atoms with Crippen LogP contribution in [0.5, 0.6) is 11.5 Å². The number of non-ortho nitro benzene ring substituents is 1. The van der Waals surface area contributed by atoms with Gasteiger partial charge in [-0.05, 0) is 80.4 Å². The van der Waals surface area contributed by atoms with Gasteiger partial charge in [-0.3, -0.25) is 19.5 Å². The summed E-state index contributed by atoms with van der Waals surface area (Å²) in [6, 6.07) is 17.5. The van der Waals surface area contributed by atoms with Gasteiger partial charge in [-0.2, -0.15) is 0 Å². The van der Waals surface area contributed by atoms with Crippen molar-refractivity contribution in [2.45, 2.75) is 39.5 Å². The molecule has 0 bridgehead atoms. The summed E-state index contributed by atoms with van der Waals surface area (Å²) >= 11 is 7.51. The number of nitro benzene ring substituents is 1. The Balaban J connectivity index is 1.58. The largest absolute Gasteiger partial charge is 0.497 e. The van der Waals surface area contributed by atoms with Crippen LogP contribution in [0.2, 0.25) is 5.02 Å². The van der Waals surface area contributed by atoms with E-state index in [0.29, 0.717) is 42.7 Å². The lowest BCUT2D eigenvalue weighted by molar-refractivity contribution is -0.384. The Kier molecular flexibility index (Phi) is 8.98. The standard InChI is InChI=1S/C32H28ClN3O7S/c1-18(2)43-31(38)28-19(3)34-32-35(29(28)21-7-12-25(41-4)13-8-21)30(37)27(44-32)16-22-15-23(33)9-14-26(22)42-17-20-5-10-24(11-6-20)36(39)40/h5-16,18,29H,17H2,1-4H3/b27-16-.